The van der Waals surface area contributed by atoms with Crippen LogP contribution in [0.2, 0.25) is 0 Å². The number of carboxylic acids is 1. The molecule has 94 valence electrons. The average Bonchev–Trinajstić information content (AvgIpc) is 2.24. The summed E-state index contributed by atoms with van der Waals surface area (Å²) >= 11 is 0. The van der Waals surface area contributed by atoms with Gasteiger partial charge < -0.3 is 5.11 Å². The molecule has 1 atom stereocenters. The summed E-state index contributed by atoms with van der Waals surface area (Å²) in [6, 6.07) is 8.25. The fourth-order valence-corrected chi connectivity index (χ4v) is 2.18. The Kier molecular flexibility index (Phi) is 4.65. The van der Waals surface area contributed by atoms with Gasteiger partial charge in [0.2, 0.25) is 10.0 Å². The number of sulfonamides is 1. The molecule has 0 spiro atoms. The number of nitrogens with one attached hydrogen (secondary N) is 1. The van der Waals surface area contributed by atoms with Crippen LogP contribution in [0.25, 0.3) is 0 Å². The van der Waals surface area contributed by atoms with Gasteiger partial charge in [-0.05, 0) is 18.4 Å². The highest BCUT2D eigenvalue weighted by Gasteiger charge is 2.20. The second-order valence-electron chi connectivity index (χ2n) is 3.81. The number of aliphatic carboxylic acids is 1. The predicted octanol–water partition coefficient (Wildman–Crippen LogP) is 0.622. The fourth-order valence-electron chi connectivity index (χ4n) is 1.45. The maximum atomic E-state index is 11.0. The molecule has 0 aliphatic carbocycles. The quantitative estimate of drug-likeness (QED) is 0.782. The Hall–Kier alpha value is -1.40. The van der Waals surface area contributed by atoms with Crippen LogP contribution >= 0.6 is 0 Å². The zero-order chi connectivity index (χ0) is 12.9. The van der Waals surface area contributed by atoms with Crippen LogP contribution in [0.4, 0.5) is 0 Å². The Morgan fingerprint density at radius 3 is 2.41 bits per heavy atom. The molecule has 0 heterocycles. The number of hydrogen-bond acceptors (Lipinski definition) is 3. The Labute approximate surface area is 101 Å². The van der Waals surface area contributed by atoms with Crippen molar-refractivity contribution in [2.24, 2.45) is 0 Å². The van der Waals surface area contributed by atoms with E-state index in [1.165, 1.54) is 0 Å². The zero-order valence-electron chi connectivity index (χ0n) is 9.46. The maximum Gasteiger partial charge on any atom is 0.321 e. The summed E-state index contributed by atoms with van der Waals surface area (Å²) < 4.78 is 24.1. The average molecular weight is 257 g/mol. The van der Waals surface area contributed by atoms with Crippen LogP contribution < -0.4 is 4.72 Å². The van der Waals surface area contributed by atoms with Gasteiger partial charge >= 0.3 is 5.97 Å². The molecule has 17 heavy (non-hydrogen) atoms. The van der Waals surface area contributed by atoms with Crippen LogP contribution in [0, 0.1) is 0 Å². The first kappa shape index (κ1) is 13.7. The van der Waals surface area contributed by atoms with E-state index in [1.54, 1.807) is 0 Å². The zero-order valence-corrected chi connectivity index (χ0v) is 10.3. The number of hydrogen-bond donors (Lipinski definition) is 2. The minimum atomic E-state index is -3.50. The monoisotopic (exact) mass is 257 g/mol. The molecule has 0 bridgehead atoms. The number of rotatable bonds is 6. The van der Waals surface area contributed by atoms with Crippen LogP contribution in [-0.4, -0.2) is 31.8 Å². The fraction of sp³-hybridized carbons (Fsp3) is 0.364. The van der Waals surface area contributed by atoms with Crippen molar-refractivity contribution in [1.82, 2.24) is 4.72 Å². The first-order valence-corrected chi connectivity index (χ1v) is 7.01. The van der Waals surface area contributed by atoms with Crippen molar-refractivity contribution in [1.29, 1.82) is 0 Å². The van der Waals surface area contributed by atoms with Gasteiger partial charge in [0.25, 0.3) is 0 Å². The largest absolute Gasteiger partial charge is 0.480 e. The highest BCUT2D eigenvalue weighted by Crippen LogP contribution is 2.05. The summed E-state index contributed by atoms with van der Waals surface area (Å²) in [5.41, 5.74) is 0.981. The molecular formula is C11H15NO4S. The third-order valence-electron chi connectivity index (χ3n) is 2.22. The third kappa shape index (κ3) is 5.46. The van der Waals surface area contributed by atoms with E-state index in [-0.39, 0.29) is 6.42 Å². The number of carbonyl (C=O) groups is 1. The molecule has 0 amide bonds. The predicted molar refractivity (Wildman–Crippen MR) is 64.2 cm³/mol. The topological polar surface area (TPSA) is 83.5 Å². The van der Waals surface area contributed by atoms with E-state index >= 15 is 0 Å². The molecule has 0 fully saturated rings. The van der Waals surface area contributed by atoms with Gasteiger partial charge in [-0.25, -0.2) is 13.1 Å². The molecule has 2 N–H and O–H groups in total. The van der Waals surface area contributed by atoms with E-state index < -0.39 is 22.0 Å². The van der Waals surface area contributed by atoms with Crippen molar-refractivity contribution >= 4 is 16.0 Å². The molecule has 0 aliphatic heterocycles. The van der Waals surface area contributed by atoms with Crippen molar-refractivity contribution in [3.63, 3.8) is 0 Å². The van der Waals surface area contributed by atoms with Crippen molar-refractivity contribution in [2.45, 2.75) is 18.9 Å². The number of benzene rings is 1. The van der Waals surface area contributed by atoms with Gasteiger partial charge in [-0.15, -0.1) is 0 Å². The lowest BCUT2D eigenvalue weighted by atomic mass is 10.1. The van der Waals surface area contributed by atoms with Gasteiger partial charge in [-0.1, -0.05) is 30.3 Å². The lowest BCUT2D eigenvalue weighted by Crippen LogP contribution is -2.40. The molecule has 1 aromatic carbocycles. The van der Waals surface area contributed by atoms with Crippen molar-refractivity contribution < 1.29 is 18.3 Å². The van der Waals surface area contributed by atoms with Crippen molar-refractivity contribution in [3.05, 3.63) is 35.9 Å². The highest BCUT2D eigenvalue weighted by atomic mass is 32.2. The summed E-state index contributed by atoms with van der Waals surface area (Å²) in [6.45, 7) is 0. The van der Waals surface area contributed by atoms with Crippen molar-refractivity contribution in [2.75, 3.05) is 6.26 Å². The van der Waals surface area contributed by atoms with E-state index in [0.29, 0.717) is 6.42 Å². The van der Waals surface area contributed by atoms with Gasteiger partial charge in [0.1, 0.15) is 6.04 Å². The van der Waals surface area contributed by atoms with Gasteiger partial charge in [0, 0.05) is 0 Å². The van der Waals surface area contributed by atoms with Gasteiger partial charge in [-0.3, -0.25) is 4.79 Å². The maximum absolute atomic E-state index is 11.0. The highest BCUT2D eigenvalue weighted by molar-refractivity contribution is 7.88. The summed E-state index contributed by atoms with van der Waals surface area (Å²) in [5.74, 6) is -1.16. The smallest absolute Gasteiger partial charge is 0.321 e. The lowest BCUT2D eigenvalue weighted by molar-refractivity contribution is -0.139. The Morgan fingerprint density at radius 2 is 1.94 bits per heavy atom. The van der Waals surface area contributed by atoms with Crippen LogP contribution in [-0.2, 0) is 21.2 Å². The van der Waals surface area contributed by atoms with Gasteiger partial charge in [-0.2, -0.15) is 0 Å². The van der Waals surface area contributed by atoms with Gasteiger partial charge in [0.05, 0.1) is 6.26 Å². The van der Waals surface area contributed by atoms with E-state index in [4.69, 9.17) is 5.11 Å². The summed E-state index contributed by atoms with van der Waals surface area (Å²) in [5, 5.41) is 8.89. The summed E-state index contributed by atoms with van der Waals surface area (Å²) in [6.07, 6.45) is 1.69. The van der Waals surface area contributed by atoms with Crippen LogP contribution in [0.1, 0.15) is 12.0 Å². The Balaban J connectivity index is 2.60. The first-order valence-electron chi connectivity index (χ1n) is 5.12. The third-order valence-corrected chi connectivity index (χ3v) is 2.93. The summed E-state index contributed by atoms with van der Waals surface area (Å²) in [7, 11) is -3.50. The van der Waals surface area contributed by atoms with Crippen LogP contribution in [0.5, 0.6) is 0 Å². The van der Waals surface area contributed by atoms with Gasteiger partial charge in [0.15, 0.2) is 0 Å². The molecule has 0 unspecified atom stereocenters. The minimum Gasteiger partial charge on any atom is -0.480 e. The second kappa shape index (κ2) is 5.79. The summed E-state index contributed by atoms with van der Waals surface area (Å²) in [4.78, 5) is 10.9. The molecule has 6 heteroatoms. The molecule has 0 aliphatic rings. The molecule has 0 aromatic heterocycles. The SMILES string of the molecule is CS(=O)(=O)N[C@@H](CCc1ccccc1)C(=O)O. The molecule has 1 aromatic rings. The Morgan fingerprint density at radius 1 is 1.35 bits per heavy atom. The molecule has 0 radical (unpaired) electrons. The first-order chi connectivity index (χ1) is 7.88. The van der Waals surface area contributed by atoms with Crippen LogP contribution in [0.15, 0.2) is 30.3 Å². The Bertz CT molecular complexity index is 470. The van der Waals surface area contributed by atoms with E-state index in [9.17, 15) is 13.2 Å². The molecular weight excluding hydrogens is 242 g/mol. The number of aryl methyl sites for hydroxylation is 1. The van der Waals surface area contributed by atoms with Crippen molar-refractivity contribution in [3.8, 4) is 0 Å². The molecule has 5 nitrogen and oxygen atoms in total. The molecule has 1 rings (SSSR count). The van der Waals surface area contributed by atoms with E-state index in [1.807, 2.05) is 30.3 Å². The minimum absolute atomic E-state index is 0.229. The number of carboxylic acid groups (broad SMARTS) is 1. The second-order valence-corrected chi connectivity index (χ2v) is 5.59. The molecule has 0 saturated carbocycles. The van der Waals surface area contributed by atoms with Crippen LogP contribution in [0.3, 0.4) is 0 Å². The molecule has 0 saturated heterocycles. The normalized spacial score (nSPS) is 13.2. The lowest BCUT2D eigenvalue weighted by Gasteiger charge is -2.12. The standard InChI is InChI=1S/C11H15NO4S/c1-17(15,16)12-10(11(13)14)8-7-9-5-3-2-4-6-9/h2-6,10,12H,7-8H2,1H3,(H,13,14)/t10-/m0/s1. The van der Waals surface area contributed by atoms with E-state index in [0.717, 1.165) is 11.8 Å². The van der Waals surface area contributed by atoms with E-state index in [2.05, 4.69) is 4.72 Å².